The van der Waals surface area contributed by atoms with Crippen LogP contribution in [0.25, 0.3) is 0 Å². The second-order valence-electron chi connectivity index (χ2n) is 5.67. The van der Waals surface area contributed by atoms with E-state index in [1.807, 2.05) is 37.5 Å². The average Bonchev–Trinajstić information content (AvgIpc) is 2.65. The number of sulfonamides is 1. The Bertz CT molecular complexity index is 861. The van der Waals surface area contributed by atoms with Gasteiger partial charge in [0.05, 0.1) is 10.6 Å². The first-order valence-electron chi connectivity index (χ1n) is 8.23. The molecule has 0 atom stereocenters. The van der Waals surface area contributed by atoms with Crippen LogP contribution in [0.2, 0.25) is 0 Å². The first-order chi connectivity index (χ1) is 12.3. The molecule has 26 heavy (non-hydrogen) atoms. The van der Waals surface area contributed by atoms with Gasteiger partial charge < -0.3 is 0 Å². The number of rotatable bonds is 7. The summed E-state index contributed by atoms with van der Waals surface area (Å²) in [7, 11) is -3.95. The van der Waals surface area contributed by atoms with E-state index in [0.717, 1.165) is 19.9 Å². The number of para-hydroxylation sites is 1. The molecule has 0 fully saturated rings. The Morgan fingerprint density at radius 3 is 2.08 bits per heavy atom. The lowest BCUT2D eigenvalue weighted by atomic mass is 10.0. The molecule has 3 N–H and O–H groups in total. The molecule has 0 radical (unpaired) electrons. The van der Waals surface area contributed by atoms with Gasteiger partial charge in [-0.15, -0.1) is 0 Å². The topological polar surface area (TPSA) is 92.5 Å². The van der Waals surface area contributed by atoms with E-state index in [2.05, 4.69) is 15.9 Å². The molecule has 1 amide bonds. The fourth-order valence-corrected chi connectivity index (χ4v) is 4.49. The molecule has 0 aromatic heterocycles. The molecule has 6 nitrogen and oxygen atoms in total. The summed E-state index contributed by atoms with van der Waals surface area (Å²) >= 11 is 3.30. The molecular formula is C18H22BrN3O3S. The van der Waals surface area contributed by atoms with E-state index < -0.39 is 15.9 Å². The highest BCUT2D eigenvalue weighted by atomic mass is 79.9. The summed E-state index contributed by atoms with van der Waals surface area (Å²) < 4.78 is 28.6. The molecule has 0 unspecified atom stereocenters. The third-order valence-corrected chi connectivity index (χ3v) is 6.35. The van der Waals surface area contributed by atoms with Crippen LogP contribution >= 0.6 is 15.9 Å². The van der Waals surface area contributed by atoms with Gasteiger partial charge in [-0.25, -0.2) is 14.3 Å². The van der Waals surface area contributed by atoms with Crippen LogP contribution in [-0.2, 0) is 27.7 Å². The van der Waals surface area contributed by atoms with E-state index in [4.69, 9.17) is 5.84 Å². The fourth-order valence-electron chi connectivity index (χ4n) is 2.73. The Hall–Kier alpha value is -1.90. The second kappa shape index (κ2) is 8.66. The summed E-state index contributed by atoms with van der Waals surface area (Å²) in [6.45, 7) is 3.51. The van der Waals surface area contributed by atoms with Gasteiger partial charge in [0, 0.05) is 4.47 Å². The minimum Gasteiger partial charge on any atom is -0.293 e. The van der Waals surface area contributed by atoms with Crippen molar-refractivity contribution in [2.45, 2.75) is 31.6 Å². The maximum atomic E-state index is 13.3. The predicted octanol–water partition coefficient (Wildman–Crippen LogP) is 2.76. The van der Waals surface area contributed by atoms with E-state index in [0.29, 0.717) is 18.5 Å². The summed E-state index contributed by atoms with van der Waals surface area (Å²) in [5.41, 5.74) is 4.28. The van der Waals surface area contributed by atoms with E-state index in [-0.39, 0.29) is 11.4 Å². The Kier molecular flexibility index (Phi) is 6.80. The minimum absolute atomic E-state index is 0.110. The van der Waals surface area contributed by atoms with Crippen molar-refractivity contribution in [1.82, 2.24) is 5.43 Å². The maximum absolute atomic E-state index is 13.3. The van der Waals surface area contributed by atoms with Gasteiger partial charge in [-0.1, -0.05) is 48.0 Å². The first kappa shape index (κ1) is 20.4. The normalized spacial score (nSPS) is 11.2. The van der Waals surface area contributed by atoms with Crippen LogP contribution in [0.3, 0.4) is 0 Å². The number of nitrogens with zero attached hydrogens (tertiary/aromatic N) is 1. The molecule has 140 valence electrons. The largest absolute Gasteiger partial charge is 0.293 e. The SMILES string of the molecule is CCc1cccc(CC)c1N(CC(=O)NN)S(=O)(=O)c1ccc(Br)cc1. The molecule has 0 saturated heterocycles. The maximum Gasteiger partial charge on any atom is 0.264 e. The second-order valence-corrected chi connectivity index (χ2v) is 8.44. The molecule has 0 aliphatic heterocycles. The van der Waals surface area contributed by atoms with Gasteiger partial charge in [-0.3, -0.25) is 14.5 Å². The predicted molar refractivity (Wildman–Crippen MR) is 106 cm³/mol. The lowest BCUT2D eigenvalue weighted by Gasteiger charge is -2.28. The van der Waals surface area contributed by atoms with Crippen molar-refractivity contribution in [2.75, 3.05) is 10.8 Å². The number of anilines is 1. The number of carbonyl (C=O) groups excluding carboxylic acids is 1. The summed E-state index contributed by atoms with van der Waals surface area (Å²) in [6, 6.07) is 12.0. The van der Waals surface area contributed by atoms with Gasteiger partial charge in [0.25, 0.3) is 15.9 Å². The summed E-state index contributed by atoms with van der Waals surface area (Å²) in [4.78, 5) is 12.1. The quantitative estimate of drug-likeness (QED) is 0.394. The third kappa shape index (κ3) is 4.25. The highest BCUT2D eigenvalue weighted by Crippen LogP contribution is 2.32. The van der Waals surface area contributed by atoms with Gasteiger partial charge >= 0.3 is 0 Å². The summed E-state index contributed by atoms with van der Waals surface area (Å²) in [6.07, 6.45) is 1.28. The number of halogens is 1. The number of carbonyl (C=O) groups is 1. The van der Waals surface area contributed by atoms with Crippen LogP contribution in [0.1, 0.15) is 25.0 Å². The van der Waals surface area contributed by atoms with Crippen LogP contribution in [-0.4, -0.2) is 20.9 Å². The van der Waals surface area contributed by atoms with Crippen LogP contribution in [0.5, 0.6) is 0 Å². The lowest BCUT2D eigenvalue weighted by Crippen LogP contribution is -2.43. The molecule has 0 bridgehead atoms. The number of aryl methyl sites for hydroxylation is 2. The molecule has 0 spiro atoms. The summed E-state index contributed by atoms with van der Waals surface area (Å²) in [5, 5.41) is 0. The highest BCUT2D eigenvalue weighted by Gasteiger charge is 2.30. The fraction of sp³-hybridized carbons (Fsp3) is 0.278. The smallest absolute Gasteiger partial charge is 0.264 e. The molecule has 2 aromatic rings. The van der Waals surface area contributed by atoms with E-state index in [9.17, 15) is 13.2 Å². The number of hydrogen-bond donors (Lipinski definition) is 2. The molecule has 8 heteroatoms. The third-order valence-electron chi connectivity index (χ3n) is 4.06. The van der Waals surface area contributed by atoms with Gasteiger partial charge in [-0.05, 0) is 48.2 Å². The van der Waals surface area contributed by atoms with Gasteiger partial charge in [-0.2, -0.15) is 0 Å². The van der Waals surface area contributed by atoms with E-state index in [1.54, 1.807) is 12.1 Å². The number of nitrogens with one attached hydrogen (secondary N) is 1. The number of hydrogen-bond acceptors (Lipinski definition) is 4. The van der Waals surface area contributed by atoms with E-state index >= 15 is 0 Å². The van der Waals surface area contributed by atoms with Gasteiger partial charge in [0.1, 0.15) is 6.54 Å². The lowest BCUT2D eigenvalue weighted by molar-refractivity contribution is -0.119. The van der Waals surface area contributed by atoms with Crippen molar-refractivity contribution in [3.8, 4) is 0 Å². The van der Waals surface area contributed by atoms with Gasteiger partial charge in [0.15, 0.2) is 0 Å². The van der Waals surface area contributed by atoms with Crippen LogP contribution in [0, 0.1) is 0 Å². The molecule has 0 saturated carbocycles. The Morgan fingerprint density at radius 2 is 1.62 bits per heavy atom. The standard InChI is InChI=1S/C18H22BrN3O3S/c1-3-13-6-5-7-14(4-2)18(13)22(12-17(23)21-20)26(24,25)16-10-8-15(19)9-11-16/h5-11H,3-4,12,20H2,1-2H3,(H,21,23). The van der Waals surface area contributed by atoms with Crippen LogP contribution in [0.15, 0.2) is 51.8 Å². The number of nitrogens with two attached hydrogens (primary N) is 1. The monoisotopic (exact) mass is 439 g/mol. The number of hydrazine groups is 1. The summed E-state index contributed by atoms with van der Waals surface area (Å²) in [5.74, 6) is 4.63. The van der Waals surface area contributed by atoms with Crippen LogP contribution in [0.4, 0.5) is 5.69 Å². The number of amides is 1. The van der Waals surface area contributed by atoms with Crippen molar-refractivity contribution in [3.05, 3.63) is 58.1 Å². The Labute approximate surface area is 162 Å². The zero-order valence-electron chi connectivity index (χ0n) is 14.7. The molecule has 2 rings (SSSR count). The van der Waals surface area contributed by atoms with Crippen molar-refractivity contribution < 1.29 is 13.2 Å². The molecule has 0 aliphatic rings. The minimum atomic E-state index is -3.95. The highest BCUT2D eigenvalue weighted by molar-refractivity contribution is 9.10. The van der Waals surface area contributed by atoms with Gasteiger partial charge in [0.2, 0.25) is 0 Å². The van der Waals surface area contributed by atoms with Crippen molar-refractivity contribution in [1.29, 1.82) is 0 Å². The Balaban J connectivity index is 2.68. The average molecular weight is 440 g/mol. The van der Waals surface area contributed by atoms with Crippen molar-refractivity contribution >= 4 is 37.5 Å². The molecular weight excluding hydrogens is 418 g/mol. The van der Waals surface area contributed by atoms with Crippen LogP contribution < -0.4 is 15.6 Å². The first-order valence-corrected chi connectivity index (χ1v) is 10.5. The van der Waals surface area contributed by atoms with Crippen molar-refractivity contribution in [3.63, 3.8) is 0 Å². The van der Waals surface area contributed by atoms with Crippen molar-refractivity contribution in [2.24, 2.45) is 5.84 Å². The molecule has 0 aliphatic carbocycles. The Morgan fingerprint density at radius 1 is 1.08 bits per heavy atom. The molecule has 2 aromatic carbocycles. The molecule has 0 heterocycles. The zero-order valence-corrected chi connectivity index (χ0v) is 17.1. The number of benzene rings is 2. The van der Waals surface area contributed by atoms with E-state index in [1.165, 1.54) is 12.1 Å². The zero-order chi connectivity index (χ0) is 19.3.